The number of hydrogen-bond donors (Lipinski definition) is 0. The lowest BCUT2D eigenvalue weighted by molar-refractivity contribution is -0.108. The predicted molar refractivity (Wildman–Crippen MR) is 60.2 cm³/mol. The highest BCUT2D eigenvalue weighted by Crippen LogP contribution is 2.09. The summed E-state index contributed by atoms with van der Waals surface area (Å²) < 4.78 is 2.31. The molecule has 1 nitrogen and oxygen atoms in total. The van der Waals surface area contributed by atoms with E-state index < -0.39 is 5.24 Å². The molecule has 4 heteroatoms. The third kappa shape index (κ3) is 5.64. The highest BCUT2D eigenvalue weighted by atomic mass is 127. The Morgan fingerprint density at radius 3 is 2.36 bits per heavy atom. The van der Waals surface area contributed by atoms with Crippen LogP contribution in [-0.2, 0) is 4.79 Å². The average molecular weight is 347 g/mol. The van der Waals surface area contributed by atoms with E-state index in [1.54, 1.807) is 16.2 Å². The zero-order chi connectivity index (χ0) is 8.85. The van der Waals surface area contributed by atoms with Crippen molar-refractivity contribution >= 4 is 55.4 Å². The fourth-order valence-corrected chi connectivity index (χ4v) is 1.25. The van der Waals surface area contributed by atoms with Crippen molar-refractivity contribution in [2.24, 2.45) is 0 Å². The molecule has 0 aromatic heterocycles. The molecule has 0 saturated carbocycles. The van der Waals surface area contributed by atoms with Gasteiger partial charge in [-0.3, -0.25) is 4.79 Å². The van der Waals surface area contributed by atoms with E-state index in [-0.39, 0.29) is 0 Å². The van der Waals surface area contributed by atoms with E-state index >= 15 is 0 Å². The second kappa shape index (κ2) is 5.97. The zero-order valence-electron chi connectivity index (χ0n) is 5.48. The van der Waals surface area contributed by atoms with Gasteiger partial charge in [-0.15, -0.1) is 0 Å². The third-order valence-corrected chi connectivity index (χ3v) is 1.94. The zero-order valence-corrected chi connectivity index (χ0v) is 9.98. The molecule has 0 rings (SSSR count). The number of hydrogen-bond acceptors (Lipinski definition) is 1. The summed E-state index contributed by atoms with van der Waals surface area (Å²) in [6, 6.07) is 0. The molecule has 0 amide bonds. The maximum Gasteiger partial charge on any atom is 0.252 e. The van der Waals surface area contributed by atoms with Crippen molar-refractivity contribution in [2.75, 3.05) is 0 Å². The molecule has 0 heterocycles. The van der Waals surface area contributed by atoms with Gasteiger partial charge in [0.25, 0.3) is 5.24 Å². The Bertz CT molecular complexity index is 233. The SMILES string of the molecule is C=C(Br)/C=C\C(=C/I)C(=O)Cl. The smallest absolute Gasteiger partial charge is 0.252 e. The quantitative estimate of drug-likeness (QED) is 0.330. The van der Waals surface area contributed by atoms with Gasteiger partial charge in [-0.1, -0.05) is 45.1 Å². The molecular formula is C7H5BrClIO. The Labute approximate surface area is 92.5 Å². The summed E-state index contributed by atoms with van der Waals surface area (Å²) >= 11 is 10.3. The van der Waals surface area contributed by atoms with E-state index in [1.165, 1.54) is 0 Å². The van der Waals surface area contributed by atoms with Crippen LogP contribution in [0.5, 0.6) is 0 Å². The average Bonchev–Trinajstić information content (AvgIpc) is 1.87. The van der Waals surface area contributed by atoms with Gasteiger partial charge >= 0.3 is 0 Å². The molecule has 0 aliphatic carbocycles. The topological polar surface area (TPSA) is 17.1 Å². The van der Waals surface area contributed by atoms with Crippen LogP contribution in [0.3, 0.4) is 0 Å². The molecule has 0 unspecified atom stereocenters. The summed E-state index contributed by atoms with van der Waals surface area (Å²) in [5, 5.41) is -0.468. The molecule has 0 aliphatic heterocycles. The number of carbonyl (C=O) groups is 1. The fraction of sp³-hybridized carbons (Fsp3) is 0. The summed E-state index contributed by atoms with van der Waals surface area (Å²) in [7, 11) is 0. The van der Waals surface area contributed by atoms with Gasteiger partial charge in [-0.2, -0.15) is 0 Å². The minimum atomic E-state index is -0.468. The van der Waals surface area contributed by atoms with E-state index in [4.69, 9.17) is 11.6 Å². The van der Waals surface area contributed by atoms with Crippen molar-refractivity contribution < 1.29 is 4.79 Å². The van der Waals surface area contributed by atoms with E-state index in [0.29, 0.717) is 10.1 Å². The first-order valence-electron chi connectivity index (χ1n) is 2.60. The lowest BCUT2D eigenvalue weighted by Crippen LogP contribution is -1.86. The Balaban J connectivity index is 4.34. The molecule has 0 fully saturated rings. The molecule has 0 atom stereocenters. The highest BCUT2D eigenvalue weighted by molar-refractivity contribution is 14.1. The van der Waals surface area contributed by atoms with Crippen molar-refractivity contribution in [3.63, 3.8) is 0 Å². The number of allylic oxidation sites excluding steroid dienone is 4. The standard InChI is InChI=1S/C7H5BrClIO/c1-5(8)2-3-6(4-10)7(9)11/h2-4H,1H2/b3-2-,6-4+. The normalized spacial score (nSPS) is 12.1. The van der Waals surface area contributed by atoms with Crippen molar-refractivity contribution in [1.82, 2.24) is 0 Å². The van der Waals surface area contributed by atoms with Crippen LogP contribution in [0.2, 0.25) is 0 Å². The van der Waals surface area contributed by atoms with Gasteiger partial charge in [-0.05, 0) is 27.8 Å². The van der Waals surface area contributed by atoms with Gasteiger partial charge in [-0.25, -0.2) is 0 Å². The maximum atomic E-state index is 10.6. The van der Waals surface area contributed by atoms with Crippen molar-refractivity contribution in [3.8, 4) is 0 Å². The number of carbonyl (C=O) groups excluding carboxylic acids is 1. The molecule has 11 heavy (non-hydrogen) atoms. The minimum Gasteiger partial charge on any atom is -0.276 e. The van der Waals surface area contributed by atoms with Crippen molar-refractivity contribution in [1.29, 1.82) is 0 Å². The second-order valence-electron chi connectivity index (χ2n) is 1.62. The summed E-state index contributed by atoms with van der Waals surface area (Å²) in [6.45, 7) is 3.57. The fourth-order valence-electron chi connectivity index (χ4n) is 0.325. The first-order valence-corrected chi connectivity index (χ1v) is 5.02. The second-order valence-corrected chi connectivity index (χ2v) is 3.60. The molecular weight excluding hydrogens is 342 g/mol. The van der Waals surface area contributed by atoms with Crippen LogP contribution in [0.15, 0.2) is 32.9 Å². The van der Waals surface area contributed by atoms with Crippen LogP contribution in [0.25, 0.3) is 0 Å². The van der Waals surface area contributed by atoms with Crippen molar-refractivity contribution in [2.45, 2.75) is 0 Å². The van der Waals surface area contributed by atoms with E-state index in [9.17, 15) is 4.79 Å². The van der Waals surface area contributed by atoms with Crippen LogP contribution in [0.1, 0.15) is 0 Å². The van der Waals surface area contributed by atoms with Gasteiger partial charge < -0.3 is 0 Å². The molecule has 0 saturated heterocycles. The number of halogens is 3. The van der Waals surface area contributed by atoms with Gasteiger partial charge in [0.05, 0.1) is 0 Å². The Morgan fingerprint density at radius 1 is 1.55 bits per heavy atom. The van der Waals surface area contributed by atoms with Crippen LogP contribution in [0, 0.1) is 0 Å². The van der Waals surface area contributed by atoms with Crippen molar-refractivity contribution in [3.05, 3.63) is 32.9 Å². The predicted octanol–water partition coefficient (Wildman–Crippen LogP) is 3.54. The molecule has 0 N–H and O–H groups in total. The minimum absolute atomic E-state index is 0.452. The molecule has 0 aromatic carbocycles. The lowest BCUT2D eigenvalue weighted by Gasteiger charge is -1.89. The third-order valence-electron chi connectivity index (χ3n) is 0.788. The summed E-state index contributed by atoms with van der Waals surface area (Å²) in [6.07, 6.45) is 3.25. The van der Waals surface area contributed by atoms with Crippen LogP contribution >= 0.6 is 50.1 Å². The molecule has 0 radical (unpaired) electrons. The molecule has 0 spiro atoms. The van der Waals surface area contributed by atoms with E-state index in [1.807, 2.05) is 22.6 Å². The summed E-state index contributed by atoms with van der Waals surface area (Å²) in [5.41, 5.74) is 0.452. The molecule has 0 aromatic rings. The largest absolute Gasteiger partial charge is 0.276 e. The van der Waals surface area contributed by atoms with Crippen LogP contribution in [-0.4, -0.2) is 5.24 Å². The van der Waals surface area contributed by atoms with Gasteiger partial charge in [0.15, 0.2) is 0 Å². The Hall–Kier alpha value is 0.390. The first kappa shape index (κ1) is 11.4. The van der Waals surface area contributed by atoms with E-state index in [2.05, 4.69) is 22.5 Å². The van der Waals surface area contributed by atoms with Gasteiger partial charge in [0.1, 0.15) is 0 Å². The van der Waals surface area contributed by atoms with E-state index in [0.717, 1.165) is 0 Å². The van der Waals surface area contributed by atoms with Crippen LogP contribution < -0.4 is 0 Å². The molecule has 60 valence electrons. The Morgan fingerprint density at radius 2 is 2.09 bits per heavy atom. The highest BCUT2D eigenvalue weighted by Gasteiger charge is 1.99. The molecule has 0 bridgehead atoms. The lowest BCUT2D eigenvalue weighted by atomic mass is 10.3. The monoisotopic (exact) mass is 346 g/mol. The van der Waals surface area contributed by atoms with Gasteiger partial charge in [0.2, 0.25) is 0 Å². The number of rotatable bonds is 3. The summed E-state index contributed by atoms with van der Waals surface area (Å²) in [5.74, 6) is 0. The maximum absolute atomic E-state index is 10.6. The summed E-state index contributed by atoms with van der Waals surface area (Å²) in [4.78, 5) is 10.6. The Kier molecular flexibility index (Phi) is 6.18. The van der Waals surface area contributed by atoms with Gasteiger partial charge in [0, 0.05) is 10.1 Å². The van der Waals surface area contributed by atoms with Crippen LogP contribution in [0.4, 0.5) is 0 Å². The molecule has 0 aliphatic rings. The first-order chi connectivity index (χ1) is 5.07.